The van der Waals surface area contributed by atoms with Gasteiger partial charge in [-0.25, -0.2) is 0 Å². The highest BCUT2D eigenvalue weighted by Gasteiger charge is 2.27. The molecule has 0 spiro atoms. The van der Waals surface area contributed by atoms with E-state index in [-0.39, 0.29) is 12.2 Å². The second kappa shape index (κ2) is 6.02. The number of aliphatic hydroxyl groups is 1. The van der Waals surface area contributed by atoms with Gasteiger partial charge in [-0.3, -0.25) is 0 Å². The van der Waals surface area contributed by atoms with Crippen molar-refractivity contribution in [3.63, 3.8) is 0 Å². The van der Waals surface area contributed by atoms with Crippen LogP contribution in [0.15, 0.2) is 18.2 Å². The normalized spacial score (nSPS) is 25.7. The Morgan fingerprint density at radius 1 is 1.20 bits per heavy atom. The van der Waals surface area contributed by atoms with Gasteiger partial charge in [-0.2, -0.15) is 0 Å². The van der Waals surface area contributed by atoms with E-state index in [0.717, 1.165) is 37.3 Å². The first kappa shape index (κ1) is 13.7. The first-order valence-corrected chi connectivity index (χ1v) is 7.51. The van der Waals surface area contributed by atoms with E-state index in [0.29, 0.717) is 6.04 Å². The number of hydrogen-bond acceptors (Lipinski definition) is 4. The molecule has 2 saturated carbocycles. The van der Waals surface area contributed by atoms with E-state index in [1.165, 1.54) is 18.4 Å². The molecule has 20 heavy (non-hydrogen) atoms. The van der Waals surface area contributed by atoms with Crippen LogP contribution in [0.3, 0.4) is 0 Å². The van der Waals surface area contributed by atoms with Gasteiger partial charge in [0.1, 0.15) is 6.10 Å². The predicted molar refractivity (Wildman–Crippen MR) is 77.1 cm³/mol. The van der Waals surface area contributed by atoms with Crippen molar-refractivity contribution < 1.29 is 14.6 Å². The molecule has 4 nitrogen and oxygen atoms in total. The third-order valence-electron chi connectivity index (χ3n) is 4.10. The average Bonchev–Trinajstić information content (AvgIpc) is 3.21. The van der Waals surface area contributed by atoms with Crippen LogP contribution in [0.2, 0.25) is 0 Å². The lowest BCUT2D eigenvalue weighted by molar-refractivity contribution is 0.0586. The Labute approximate surface area is 120 Å². The summed E-state index contributed by atoms with van der Waals surface area (Å²) in [6, 6.07) is 6.74. The zero-order valence-electron chi connectivity index (χ0n) is 12.0. The van der Waals surface area contributed by atoms with Crippen molar-refractivity contribution >= 4 is 0 Å². The zero-order chi connectivity index (χ0) is 13.9. The molecular weight excluding hydrogens is 254 g/mol. The molecule has 0 amide bonds. The Hall–Kier alpha value is -1.26. The fourth-order valence-electron chi connectivity index (χ4n) is 2.68. The minimum absolute atomic E-state index is 0.0978. The summed E-state index contributed by atoms with van der Waals surface area (Å²) in [5.41, 5.74) is 1.20. The first-order valence-electron chi connectivity index (χ1n) is 7.51. The van der Waals surface area contributed by atoms with Gasteiger partial charge in [0.15, 0.2) is 11.5 Å². The van der Waals surface area contributed by atoms with Gasteiger partial charge in [0.2, 0.25) is 0 Å². The molecule has 1 aromatic rings. The Morgan fingerprint density at radius 3 is 2.70 bits per heavy atom. The molecule has 0 aromatic heterocycles. The van der Waals surface area contributed by atoms with Crippen molar-refractivity contribution in [2.45, 2.75) is 56.9 Å². The van der Waals surface area contributed by atoms with E-state index in [4.69, 9.17) is 9.47 Å². The molecule has 2 fully saturated rings. The van der Waals surface area contributed by atoms with E-state index >= 15 is 0 Å². The highest BCUT2D eigenvalue weighted by atomic mass is 16.5. The molecule has 0 heterocycles. The zero-order valence-corrected chi connectivity index (χ0v) is 12.0. The van der Waals surface area contributed by atoms with E-state index in [2.05, 4.69) is 11.4 Å². The number of benzene rings is 1. The quantitative estimate of drug-likeness (QED) is 0.837. The summed E-state index contributed by atoms with van der Waals surface area (Å²) in [6.07, 6.45) is 4.90. The second-order valence-electron chi connectivity index (χ2n) is 5.79. The van der Waals surface area contributed by atoms with Crippen molar-refractivity contribution in [1.29, 1.82) is 0 Å². The third kappa shape index (κ3) is 3.25. The van der Waals surface area contributed by atoms with Crippen LogP contribution in [-0.4, -0.2) is 30.5 Å². The molecule has 2 aliphatic carbocycles. The number of aliphatic hydroxyl groups excluding tert-OH is 1. The first-order chi connectivity index (χ1) is 9.76. The van der Waals surface area contributed by atoms with Gasteiger partial charge in [-0.15, -0.1) is 0 Å². The van der Waals surface area contributed by atoms with Crippen LogP contribution in [0.4, 0.5) is 0 Å². The maximum atomic E-state index is 9.84. The smallest absolute Gasteiger partial charge is 0.161 e. The highest BCUT2D eigenvalue weighted by Crippen LogP contribution is 2.32. The number of nitrogens with one attached hydrogen (secondary N) is 1. The summed E-state index contributed by atoms with van der Waals surface area (Å²) in [5, 5.41) is 13.3. The van der Waals surface area contributed by atoms with Crippen molar-refractivity contribution in [2.24, 2.45) is 0 Å². The lowest BCUT2D eigenvalue weighted by Gasteiger charge is -2.19. The summed E-state index contributed by atoms with van der Waals surface area (Å²) in [4.78, 5) is 0. The SMILES string of the molecule is COc1cc(CNC2CC2)ccc1OC1CCCC1O. The fourth-order valence-corrected chi connectivity index (χ4v) is 2.68. The topological polar surface area (TPSA) is 50.7 Å². The molecule has 0 aliphatic heterocycles. The molecule has 1 aromatic carbocycles. The summed E-state index contributed by atoms with van der Waals surface area (Å²) >= 11 is 0. The fraction of sp³-hybridized carbons (Fsp3) is 0.625. The van der Waals surface area contributed by atoms with Gasteiger partial charge in [0, 0.05) is 12.6 Å². The van der Waals surface area contributed by atoms with E-state index in [9.17, 15) is 5.11 Å². The third-order valence-corrected chi connectivity index (χ3v) is 4.10. The van der Waals surface area contributed by atoms with Crippen LogP contribution in [0.25, 0.3) is 0 Å². The minimum atomic E-state index is -0.351. The molecule has 2 aliphatic rings. The molecule has 2 unspecified atom stereocenters. The van der Waals surface area contributed by atoms with Crippen LogP contribution in [0.1, 0.15) is 37.7 Å². The molecule has 2 N–H and O–H groups in total. The standard InChI is InChI=1S/C16H23NO3/c1-19-16-9-11(10-17-12-6-7-12)5-8-15(16)20-14-4-2-3-13(14)18/h5,8-9,12-14,17-18H,2-4,6-7,10H2,1H3. The summed E-state index contributed by atoms with van der Waals surface area (Å²) in [5.74, 6) is 1.48. The molecular formula is C16H23NO3. The lowest BCUT2D eigenvalue weighted by atomic mass is 10.2. The van der Waals surface area contributed by atoms with Crippen LogP contribution in [0, 0.1) is 0 Å². The maximum Gasteiger partial charge on any atom is 0.161 e. The second-order valence-corrected chi connectivity index (χ2v) is 5.79. The molecule has 0 bridgehead atoms. The summed E-state index contributed by atoms with van der Waals surface area (Å²) in [7, 11) is 1.66. The number of methoxy groups -OCH3 is 1. The monoisotopic (exact) mass is 277 g/mol. The van der Waals surface area contributed by atoms with Gasteiger partial charge in [0.05, 0.1) is 13.2 Å². The van der Waals surface area contributed by atoms with Crippen LogP contribution in [0.5, 0.6) is 11.5 Å². The van der Waals surface area contributed by atoms with Gasteiger partial charge >= 0.3 is 0 Å². The van der Waals surface area contributed by atoms with E-state index < -0.39 is 0 Å². The Balaban J connectivity index is 1.66. The Morgan fingerprint density at radius 2 is 2.05 bits per heavy atom. The van der Waals surface area contributed by atoms with Crippen LogP contribution >= 0.6 is 0 Å². The van der Waals surface area contributed by atoms with Gasteiger partial charge in [-0.1, -0.05) is 6.07 Å². The van der Waals surface area contributed by atoms with Crippen LogP contribution < -0.4 is 14.8 Å². The Bertz CT molecular complexity index is 459. The van der Waals surface area contributed by atoms with Gasteiger partial charge in [0.25, 0.3) is 0 Å². The van der Waals surface area contributed by atoms with Crippen molar-refractivity contribution in [3.05, 3.63) is 23.8 Å². The Kier molecular flexibility index (Phi) is 4.13. The number of rotatable bonds is 6. The number of ether oxygens (including phenoxy) is 2. The van der Waals surface area contributed by atoms with Crippen LogP contribution in [-0.2, 0) is 6.54 Å². The van der Waals surface area contributed by atoms with E-state index in [1.54, 1.807) is 7.11 Å². The highest BCUT2D eigenvalue weighted by molar-refractivity contribution is 5.43. The summed E-state index contributed by atoms with van der Waals surface area (Å²) < 4.78 is 11.3. The predicted octanol–water partition coefficient (Wildman–Crippen LogP) is 2.24. The molecule has 0 radical (unpaired) electrons. The van der Waals surface area contributed by atoms with Crippen molar-refractivity contribution in [1.82, 2.24) is 5.32 Å². The van der Waals surface area contributed by atoms with Gasteiger partial charge < -0.3 is 19.9 Å². The van der Waals surface area contributed by atoms with E-state index in [1.807, 2.05) is 12.1 Å². The summed E-state index contributed by atoms with van der Waals surface area (Å²) in [6.45, 7) is 0.868. The van der Waals surface area contributed by atoms with Gasteiger partial charge in [-0.05, 0) is 49.8 Å². The number of hydrogen-bond donors (Lipinski definition) is 2. The molecule has 4 heteroatoms. The molecule has 2 atom stereocenters. The molecule has 0 saturated heterocycles. The maximum absolute atomic E-state index is 9.84. The molecule has 110 valence electrons. The lowest BCUT2D eigenvalue weighted by Crippen LogP contribution is -2.25. The average molecular weight is 277 g/mol. The van der Waals surface area contributed by atoms with Crippen molar-refractivity contribution in [3.8, 4) is 11.5 Å². The molecule has 3 rings (SSSR count). The van der Waals surface area contributed by atoms with Crippen molar-refractivity contribution in [2.75, 3.05) is 7.11 Å². The largest absolute Gasteiger partial charge is 0.493 e. The minimum Gasteiger partial charge on any atom is -0.493 e.